The molecule has 26 heavy (non-hydrogen) atoms. The van der Waals surface area contributed by atoms with Crippen LogP contribution in [0.5, 0.6) is 11.5 Å². The van der Waals surface area contributed by atoms with Crippen molar-refractivity contribution in [1.82, 2.24) is 0 Å². The SMILES string of the molecule is COc1ccc([C@H]2[C@H]3CCC=C3C(C#N)=C(N)C2(C#N)C#N)c(OC)c1. The lowest BCUT2D eigenvalue weighted by Crippen LogP contribution is -2.41. The number of nitrogens with zero attached hydrogens (tertiary/aromatic N) is 3. The van der Waals surface area contributed by atoms with E-state index in [4.69, 9.17) is 15.2 Å². The molecule has 0 bridgehead atoms. The number of benzene rings is 1. The maximum absolute atomic E-state index is 9.96. The second-order valence-corrected chi connectivity index (χ2v) is 6.36. The molecule has 0 heterocycles. The van der Waals surface area contributed by atoms with Crippen molar-refractivity contribution < 1.29 is 9.47 Å². The number of nitrogens with two attached hydrogens (primary N) is 1. The molecular weight excluding hydrogens is 328 g/mol. The van der Waals surface area contributed by atoms with Crippen LogP contribution in [-0.4, -0.2) is 14.2 Å². The summed E-state index contributed by atoms with van der Waals surface area (Å²) in [7, 11) is 3.09. The molecule has 2 aliphatic carbocycles. The second kappa shape index (κ2) is 6.47. The minimum absolute atomic E-state index is 0.0253. The van der Waals surface area contributed by atoms with Crippen molar-refractivity contribution in [2.45, 2.75) is 18.8 Å². The molecule has 1 aromatic carbocycles. The zero-order chi connectivity index (χ0) is 18.9. The van der Waals surface area contributed by atoms with Gasteiger partial charge in [-0.3, -0.25) is 0 Å². The van der Waals surface area contributed by atoms with E-state index < -0.39 is 11.3 Å². The highest BCUT2D eigenvalue weighted by molar-refractivity contribution is 5.61. The number of hydrogen-bond acceptors (Lipinski definition) is 6. The van der Waals surface area contributed by atoms with Gasteiger partial charge < -0.3 is 15.2 Å². The Hall–Kier alpha value is -3.43. The van der Waals surface area contributed by atoms with Gasteiger partial charge in [0.15, 0.2) is 5.41 Å². The Balaban J connectivity index is 2.32. The Bertz CT molecular complexity index is 926. The number of rotatable bonds is 3. The zero-order valence-corrected chi connectivity index (χ0v) is 14.6. The van der Waals surface area contributed by atoms with Crippen LogP contribution in [0, 0.1) is 45.3 Å². The van der Waals surface area contributed by atoms with E-state index in [1.54, 1.807) is 19.2 Å². The van der Waals surface area contributed by atoms with Gasteiger partial charge in [-0.15, -0.1) is 0 Å². The molecule has 0 aliphatic heterocycles. The Morgan fingerprint density at radius 3 is 2.46 bits per heavy atom. The van der Waals surface area contributed by atoms with E-state index in [-0.39, 0.29) is 17.2 Å². The smallest absolute Gasteiger partial charge is 0.191 e. The van der Waals surface area contributed by atoms with E-state index in [1.165, 1.54) is 7.11 Å². The number of fused-ring (bicyclic) bond motifs is 1. The summed E-state index contributed by atoms with van der Waals surface area (Å²) in [5.41, 5.74) is 6.43. The first-order chi connectivity index (χ1) is 12.6. The van der Waals surface area contributed by atoms with Crippen molar-refractivity contribution in [2.24, 2.45) is 17.1 Å². The van der Waals surface area contributed by atoms with E-state index in [0.717, 1.165) is 18.4 Å². The van der Waals surface area contributed by atoms with Crippen molar-refractivity contribution in [1.29, 1.82) is 15.8 Å². The Labute approximate surface area is 152 Å². The lowest BCUT2D eigenvalue weighted by Gasteiger charge is -2.40. The molecule has 130 valence electrons. The summed E-state index contributed by atoms with van der Waals surface area (Å²) < 4.78 is 10.8. The number of allylic oxidation sites excluding steroid dienone is 4. The molecule has 2 N–H and O–H groups in total. The highest BCUT2D eigenvalue weighted by atomic mass is 16.5. The zero-order valence-electron chi connectivity index (χ0n) is 14.6. The van der Waals surface area contributed by atoms with Crippen molar-refractivity contribution >= 4 is 0 Å². The highest BCUT2D eigenvalue weighted by Crippen LogP contribution is 2.58. The molecule has 0 aromatic heterocycles. The van der Waals surface area contributed by atoms with Crippen molar-refractivity contribution in [3.8, 4) is 29.7 Å². The number of nitriles is 3. The Kier molecular flexibility index (Phi) is 4.33. The number of ether oxygens (including phenoxy) is 2. The second-order valence-electron chi connectivity index (χ2n) is 6.36. The highest BCUT2D eigenvalue weighted by Gasteiger charge is 2.54. The molecule has 2 atom stereocenters. The lowest BCUT2D eigenvalue weighted by molar-refractivity contribution is 0.325. The predicted octanol–water partition coefficient (Wildman–Crippen LogP) is 2.91. The molecule has 0 spiro atoms. The van der Waals surface area contributed by atoms with Gasteiger partial charge in [-0.25, -0.2) is 0 Å². The van der Waals surface area contributed by atoms with Gasteiger partial charge in [-0.2, -0.15) is 15.8 Å². The minimum atomic E-state index is -1.63. The maximum atomic E-state index is 9.96. The summed E-state index contributed by atoms with van der Waals surface area (Å²) in [5, 5.41) is 29.5. The van der Waals surface area contributed by atoms with Crippen LogP contribution >= 0.6 is 0 Å². The minimum Gasteiger partial charge on any atom is -0.497 e. The van der Waals surface area contributed by atoms with Gasteiger partial charge in [0.05, 0.1) is 37.6 Å². The Morgan fingerprint density at radius 2 is 1.88 bits per heavy atom. The van der Waals surface area contributed by atoms with E-state index in [1.807, 2.05) is 12.1 Å². The van der Waals surface area contributed by atoms with Crippen LogP contribution in [0.4, 0.5) is 0 Å². The van der Waals surface area contributed by atoms with Gasteiger partial charge in [-0.1, -0.05) is 12.1 Å². The molecule has 1 aromatic rings. The fraction of sp³-hybridized carbons (Fsp3) is 0.350. The molecule has 0 fully saturated rings. The predicted molar refractivity (Wildman–Crippen MR) is 93.6 cm³/mol. The van der Waals surface area contributed by atoms with Gasteiger partial charge in [0.25, 0.3) is 0 Å². The molecular formula is C20H18N4O2. The van der Waals surface area contributed by atoms with Crippen LogP contribution in [0.2, 0.25) is 0 Å². The topological polar surface area (TPSA) is 116 Å². The molecule has 2 aliphatic rings. The van der Waals surface area contributed by atoms with Crippen molar-refractivity contribution in [3.63, 3.8) is 0 Å². The third kappa shape index (κ3) is 2.22. The molecule has 0 radical (unpaired) electrons. The quantitative estimate of drug-likeness (QED) is 0.899. The van der Waals surface area contributed by atoms with E-state index in [9.17, 15) is 15.8 Å². The largest absolute Gasteiger partial charge is 0.497 e. The number of methoxy groups -OCH3 is 2. The first-order valence-electron chi connectivity index (χ1n) is 8.23. The van der Waals surface area contributed by atoms with Crippen LogP contribution in [0.15, 0.2) is 41.1 Å². The van der Waals surface area contributed by atoms with Crippen LogP contribution < -0.4 is 15.2 Å². The normalized spacial score (nSPS) is 23.1. The molecule has 6 nitrogen and oxygen atoms in total. The van der Waals surface area contributed by atoms with Gasteiger partial charge in [0.2, 0.25) is 0 Å². The summed E-state index contributed by atoms with van der Waals surface area (Å²) in [6.07, 6.45) is 3.51. The maximum Gasteiger partial charge on any atom is 0.191 e. The fourth-order valence-corrected chi connectivity index (χ4v) is 4.12. The summed E-state index contributed by atoms with van der Waals surface area (Å²) in [4.78, 5) is 0. The third-order valence-electron chi connectivity index (χ3n) is 5.33. The molecule has 0 unspecified atom stereocenters. The van der Waals surface area contributed by atoms with Gasteiger partial charge in [0, 0.05) is 17.5 Å². The van der Waals surface area contributed by atoms with Crippen molar-refractivity contribution in [2.75, 3.05) is 14.2 Å². The van der Waals surface area contributed by atoms with E-state index in [2.05, 4.69) is 18.2 Å². The summed E-state index contributed by atoms with van der Waals surface area (Å²) in [6, 6.07) is 11.6. The first-order valence-corrected chi connectivity index (χ1v) is 8.23. The molecule has 0 amide bonds. The van der Waals surface area contributed by atoms with E-state index in [0.29, 0.717) is 17.1 Å². The van der Waals surface area contributed by atoms with E-state index >= 15 is 0 Å². The summed E-state index contributed by atoms with van der Waals surface area (Å²) >= 11 is 0. The van der Waals surface area contributed by atoms with Gasteiger partial charge in [0.1, 0.15) is 17.6 Å². The van der Waals surface area contributed by atoms with Crippen LogP contribution in [0.25, 0.3) is 0 Å². The van der Waals surface area contributed by atoms with Crippen LogP contribution in [0.1, 0.15) is 24.3 Å². The monoisotopic (exact) mass is 346 g/mol. The fourth-order valence-electron chi connectivity index (χ4n) is 4.12. The average molecular weight is 346 g/mol. The standard InChI is InChI=1S/C20H18N4O2/c1-25-12-6-7-15(17(8-12)26-2)18-14-5-3-4-13(14)16(9-21)19(24)20(18,10-22)11-23/h4,6-8,14,18H,3,5,24H2,1-2H3/t14-,18+/m0/s1. The molecule has 6 heteroatoms. The average Bonchev–Trinajstić information content (AvgIpc) is 3.15. The first kappa shape index (κ1) is 17.4. The molecule has 3 rings (SSSR count). The number of hydrogen-bond donors (Lipinski definition) is 1. The van der Waals surface area contributed by atoms with Crippen molar-refractivity contribution in [3.05, 3.63) is 46.7 Å². The molecule has 0 saturated carbocycles. The van der Waals surface area contributed by atoms with Crippen LogP contribution in [-0.2, 0) is 0 Å². The third-order valence-corrected chi connectivity index (χ3v) is 5.33. The summed E-state index contributed by atoms with van der Waals surface area (Å²) in [6.45, 7) is 0. The Morgan fingerprint density at radius 1 is 1.15 bits per heavy atom. The molecule has 0 saturated heterocycles. The van der Waals surface area contributed by atoms with Crippen LogP contribution in [0.3, 0.4) is 0 Å². The van der Waals surface area contributed by atoms with Gasteiger partial charge >= 0.3 is 0 Å². The summed E-state index contributed by atoms with van der Waals surface area (Å²) in [5.74, 6) is 0.482. The lowest BCUT2D eigenvalue weighted by atomic mass is 9.59. The van der Waals surface area contributed by atoms with Gasteiger partial charge in [-0.05, 0) is 30.4 Å².